The highest BCUT2D eigenvalue weighted by atomic mass is 16.6. The summed E-state index contributed by atoms with van der Waals surface area (Å²) in [5.74, 6) is 0.715. The molecule has 0 amide bonds. The summed E-state index contributed by atoms with van der Waals surface area (Å²) >= 11 is 0. The van der Waals surface area contributed by atoms with E-state index in [1.165, 1.54) is 0 Å². The highest BCUT2D eigenvalue weighted by Crippen LogP contribution is 2.26. The van der Waals surface area contributed by atoms with E-state index in [0.717, 1.165) is 5.56 Å². The summed E-state index contributed by atoms with van der Waals surface area (Å²) in [7, 11) is 1.64. The number of methoxy groups -OCH3 is 1. The fraction of sp³-hybridized carbons (Fsp3) is 0.625. The highest BCUT2D eigenvalue weighted by Gasteiger charge is 2.10. The second-order valence-corrected chi connectivity index (χ2v) is 4.53. The van der Waals surface area contributed by atoms with Crippen molar-refractivity contribution in [1.82, 2.24) is 0 Å². The molecule has 0 saturated heterocycles. The lowest BCUT2D eigenvalue weighted by atomic mass is 10.1. The molecule has 1 aromatic rings. The molecule has 0 saturated carbocycles. The Labute approximate surface area is 126 Å². The summed E-state index contributed by atoms with van der Waals surface area (Å²) < 4.78 is 21.2. The van der Waals surface area contributed by atoms with Gasteiger partial charge in [0.05, 0.1) is 39.1 Å². The van der Waals surface area contributed by atoms with Gasteiger partial charge in [0.15, 0.2) is 0 Å². The third-order valence-electron chi connectivity index (χ3n) is 2.95. The molecule has 1 aromatic carbocycles. The van der Waals surface area contributed by atoms with Gasteiger partial charge in [-0.05, 0) is 12.5 Å². The zero-order chi connectivity index (χ0) is 15.3. The third kappa shape index (κ3) is 7.43. The molecular formula is C16H26O5. The molecule has 0 bridgehead atoms. The van der Waals surface area contributed by atoms with Crippen LogP contribution in [0.1, 0.15) is 25.0 Å². The van der Waals surface area contributed by atoms with Gasteiger partial charge in [0.25, 0.3) is 0 Å². The SMILES string of the molecule is CC[C@H](O)c1ccccc1OCCOCCOCCOC. The van der Waals surface area contributed by atoms with Crippen molar-refractivity contribution in [2.24, 2.45) is 0 Å². The second kappa shape index (κ2) is 11.5. The summed E-state index contributed by atoms with van der Waals surface area (Å²) in [5.41, 5.74) is 0.822. The number of ether oxygens (including phenoxy) is 4. The van der Waals surface area contributed by atoms with Crippen molar-refractivity contribution >= 4 is 0 Å². The maximum absolute atomic E-state index is 9.92. The molecule has 1 atom stereocenters. The monoisotopic (exact) mass is 298 g/mol. The maximum atomic E-state index is 9.92. The Balaban J connectivity index is 2.15. The minimum absolute atomic E-state index is 0.450. The molecule has 0 fully saturated rings. The van der Waals surface area contributed by atoms with Crippen LogP contribution in [0.15, 0.2) is 24.3 Å². The Kier molecular flexibility index (Phi) is 9.82. The minimum Gasteiger partial charge on any atom is -0.491 e. The van der Waals surface area contributed by atoms with Crippen LogP contribution < -0.4 is 4.74 Å². The smallest absolute Gasteiger partial charge is 0.125 e. The van der Waals surface area contributed by atoms with E-state index >= 15 is 0 Å². The Bertz CT molecular complexity index is 369. The summed E-state index contributed by atoms with van der Waals surface area (Å²) in [6.07, 6.45) is 0.173. The molecule has 0 spiro atoms. The van der Waals surface area contributed by atoms with Gasteiger partial charge in [-0.2, -0.15) is 0 Å². The first-order valence-corrected chi connectivity index (χ1v) is 7.33. The number of hydrogen-bond donors (Lipinski definition) is 1. The van der Waals surface area contributed by atoms with Crippen LogP contribution in [0.25, 0.3) is 0 Å². The summed E-state index contributed by atoms with van der Waals surface area (Å²) in [6.45, 7) is 5.14. The quantitative estimate of drug-likeness (QED) is 0.599. The van der Waals surface area contributed by atoms with Crippen LogP contribution in [0.4, 0.5) is 0 Å². The van der Waals surface area contributed by atoms with Crippen LogP contribution in [-0.4, -0.2) is 51.9 Å². The van der Waals surface area contributed by atoms with Gasteiger partial charge < -0.3 is 24.1 Å². The predicted octanol–water partition coefficient (Wildman–Crippen LogP) is 2.19. The van der Waals surface area contributed by atoms with E-state index < -0.39 is 6.10 Å². The maximum Gasteiger partial charge on any atom is 0.125 e. The van der Waals surface area contributed by atoms with Gasteiger partial charge in [0, 0.05) is 12.7 Å². The van der Waals surface area contributed by atoms with Crippen molar-refractivity contribution in [3.8, 4) is 5.75 Å². The molecular weight excluding hydrogens is 272 g/mol. The Morgan fingerprint density at radius 3 is 2.24 bits per heavy atom. The summed E-state index contributed by atoms with van der Waals surface area (Å²) in [6, 6.07) is 7.54. The molecule has 0 heterocycles. The number of hydrogen-bond acceptors (Lipinski definition) is 5. The van der Waals surface area contributed by atoms with Crippen molar-refractivity contribution in [2.45, 2.75) is 19.4 Å². The highest BCUT2D eigenvalue weighted by molar-refractivity contribution is 5.34. The average Bonchev–Trinajstić information content (AvgIpc) is 2.53. The van der Waals surface area contributed by atoms with Crippen molar-refractivity contribution in [2.75, 3.05) is 46.8 Å². The van der Waals surface area contributed by atoms with Crippen LogP contribution in [0, 0.1) is 0 Å². The molecule has 5 nitrogen and oxygen atoms in total. The van der Waals surface area contributed by atoms with Crippen LogP contribution in [0.5, 0.6) is 5.75 Å². The predicted molar refractivity (Wildman–Crippen MR) is 80.7 cm³/mol. The van der Waals surface area contributed by atoms with E-state index in [4.69, 9.17) is 18.9 Å². The molecule has 21 heavy (non-hydrogen) atoms. The summed E-state index contributed by atoms with van der Waals surface area (Å²) in [5, 5.41) is 9.92. The van der Waals surface area contributed by atoms with Crippen molar-refractivity contribution in [3.63, 3.8) is 0 Å². The number of para-hydroxylation sites is 1. The van der Waals surface area contributed by atoms with Gasteiger partial charge in [-0.3, -0.25) is 0 Å². The summed E-state index contributed by atoms with van der Waals surface area (Å²) in [4.78, 5) is 0. The van der Waals surface area contributed by atoms with Crippen molar-refractivity contribution in [1.29, 1.82) is 0 Å². The first-order chi connectivity index (χ1) is 10.3. The van der Waals surface area contributed by atoms with E-state index in [-0.39, 0.29) is 0 Å². The number of aliphatic hydroxyl groups excluding tert-OH is 1. The number of aliphatic hydroxyl groups is 1. The lowest BCUT2D eigenvalue weighted by Gasteiger charge is -2.15. The van der Waals surface area contributed by atoms with Crippen LogP contribution in [0.2, 0.25) is 0 Å². The normalized spacial score (nSPS) is 12.3. The van der Waals surface area contributed by atoms with Crippen LogP contribution in [-0.2, 0) is 14.2 Å². The van der Waals surface area contributed by atoms with E-state index in [2.05, 4.69) is 0 Å². The minimum atomic E-state index is -0.490. The first kappa shape index (κ1) is 17.9. The Morgan fingerprint density at radius 2 is 1.57 bits per heavy atom. The molecule has 5 heteroatoms. The first-order valence-electron chi connectivity index (χ1n) is 7.33. The molecule has 0 aromatic heterocycles. The molecule has 120 valence electrons. The van der Waals surface area contributed by atoms with Gasteiger partial charge in [0.2, 0.25) is 0 Å². The van der Waals surface area contributed by atoms with Crippen molar-refractivity contribution in [3.05, 3.63) is 29.8 Å². The van der Waals surface area contributed by atoms with Gasteiger partial charge >= 0.3 is 0 Å². The lowest BCUT2D eigenvalue weighted by Crippen LogP contribution is -2.13. The Hall–Kier alpha value is -1.14. The van der Waals surface area contributed by atoms with E-state index in [1.54, 1.807) is 7.11 Å². The Morgan fingerprint density at radius 1 is 0.952 bits per heavy atom. The number of rotatable bonds is 12. The molecule has 1 rings (SSSR count). The number of benzene rings is 1. The second-order valence-electron chi connectivity index (χ2n) is 4.53. The van der Waals surface area contributed by atoms with Crippen molar-refractivity contribution < 1.29 is 24.1 Å². The molecule has 0 aliphatic rings. The van der Waals surface area contributed by atoms with E-state index in [0.29, 0.717) is 51.8 Å². The topological polar surface area (TPSA) is 57.2 Å². The molecule has 0 aliphatic heterocycles. The molecule has 0 aliphatic carbocycles. The largest absolute Gasteiger partial charge is 0.491 e. The lowest BCUT2D eigenvalue weighted by molar-refractivity contribution is 0.0177. The fourth-order valence-electron chi connectivity index (χ4n) is 1.78. The van der Waals surface area contributed by atoms with Crippen LogP contribution in [0.3, 0.4) is 0 Å². The molecule has 0 radical (unpaired) electrons. The van der Waals surface area contributed by atoms with Gasteiger partial charge in [0.1, 0.15) is 12.4 Å². The zero-order valence-electron chi connectivity index (χ0n) is 12.9. The average molecular weight is 298 g/mol. The van der Waals surface area contributed by atoms with E-state index in [9.17, 15) is 5.11 Å². The third-order valence-corrected chi connectivity index (χ3v) is 2.95. The fourth-order valence-corrected chi connectivity index (χ4v) is 1.78. The molecule has 0 unspecified atom stereocenters. The molecule has 1 N–H and O–H groups in total. The van der Waals surface area contributed by atoms with E-state index in [1.807, 2.05) is 31.2 Å². The van der Waals surface area contributed by atoms with Crippen LogP contribution >= 0.6 is 0 Å². The standard InChI is InChI=1S/C16H26O5/c1-3-15(17)14-6-4-5-7-16(14)21-13-12-20-11-10-19-9-8-18-2/h4-7,15,17H,3,8-13H2,1-2H3/t15-/m0/s1. The van der Waals surface area contributed by atoms with Gasteiger partial charge in [-0.25, -0.2) is 0 Å². The van der Waals surface area contributed by atoms with Gasteiger partial charge in [-0.15, -0.1) is 0 Å². The zero-order valence-corrected chi connectivity index (χ0v) is 12.9. The van der Waals surface area contributed by atoms with Gasteiger partial charge in [-0.1, -0.05) is 25.1 Å².